The minimum Gasteiger partial charge on any atom is -0.341 e. The van der Waals surface area contributed by atoms with Crippen molar-refractivity contribution in [2.45, 2.75) is 24.6 Å². The van der Waals surface area contributed by atoms with E-state index in [2.05, 4.69) is 18.9 Å². The molecule has 1 aromatic heterocycles. The van der Waals surface area contributed by atoms with Crippen LogP contribution in [0.25, 0.3) is 5.69 Å². The van der Waals surface area contributed by atoms with Gasteiger partial charge in [0, 0.05) is 13.1 Å². The molecule has 134 valence electrons. The Morgan fingerprint density at radius 1 is 1.32 bits per heavy atom. The third-order valence-corrected chi connectivity index (χ3v) is 6.49. The summed E-state index contributed by atoms with van der Waals surface area (Å²) in [5, 5.41) is 4.46. The topological polar surface area (TPSA) is 38.1 Å². The van der Waals surface area contributed by atoms with Crippen molar-refractivity contribution in [3.63, 3.8) is 0 Å². The molecule has 0 bridgehead atoms. The van der Waals surface area contributed by atoms with Gasteiger partial charge >= 0.3 is 0 Å². The Balaban J connectivity index is 1.64. The number of hydrogen-bond acceptors (Lipinski definition) is 5. The van der Waals surface area contributed by atoms with Crippen molar-refractivity contribution in [2.24, 2.45) is 11.8 Å². The molecule has 1 aliphatic rings. The number of amides is 1. The zero-order chi connectivity index (χ0) is 18.0. The molecule has 0 aliphatic carbocycles. The molecule has 4 nitrogen and oxygen atoms in total. The maximum absolute atomic E-state index is 13.1. The molecule has 0 radical (unpaired) electrons. The lowest BCUT2D eigenvalue weighted by Gasteiger charge is -2.34. The Hall–Kier alpha value is -1.25. The normalized spacial score (nSPS) is 20.7. The van der Waals surface area contributed by atoms with Crippen LogP contribution in [0.4, 0.5) is 4.39 Å². The molecule has 25 heavy (non-hydrogen) atoms. The minimum atomic E-state index is -0.296. The lowest BCUT2D eigenvalue weighted by Crippen LogP contribution is -2.43. The number of nitrogens with zero attached hydrogens (tertiary/aromatic N) is 3. The van der Waals surface area contributed by atoms with Crippen LogP contribution in [0.3, 0.4) is 0 Å². The first-order valence-corrected chi connectivity index (χ1v) is 10.4. The van der Waals surface area contributed by atoms with Gasteiger partial charge in [0.2, 0.25) is 5.91 Å². The molecule has 1 aliphatic heterocycles. The number of halogens is 1. The molecule has 2 aromatic rings. The number of carbonyl (C=O) groups is 1. The van der Waals surface area contributed by atoms with E-state index in [0.717, 1.165) is 23.1 Å². The first-order valence-electron chi connectivity index (χ1n) is 8.19. The molecule has 1 fully saturated rings. The number of rotatable bonds is 4. The number of carbonyl (C=O) groups excluding carboxylic acids is 1. The summed E-state index contributed by atoms with van der Waals surface area (Å²) in [7, 11) is 0. The van der Waals surface area contributed by atoms with E-state index in [1.807, 2.05) is 4.90 Å². The van der Waals surface area contributed by atoms with Crippen molar-refractivity contribution < 1.29 is 9.18 Å². The van der Waals surface area contributed by atoms with Crippen LogP contribution in [0.15, 0.2) is 28.6 Å². The summed E-state index contributed by atoms with van der Waals surface area (Å²) in [6.45, 7) is 6.06. The Kier molecular flexibility index (Phi) is 5.91. The highest BCUT2D eigenvalue weighted by Crippen LogP contribution is 2.26. The summed E-state index contributed by atoms with van der Waals surface area (Å²) < 4.78 is 16.0. The van der Waals surface area contributed by atoms with Crippen molar-refractivity contribution in [1.29, 1.82) is 0 Å². The van der Waals surface area contributed by atoms with E-state index in [-0.39, 0.29) is 11.7 Å². The summed E-state index contributed by atoms with van der Waals surface area (Å²) in [5.41, 5.74) is 0.722. The van der Waals surface area contributed by atoms with Crippen molar-refractivity contribution in [2.75, 3.05) is 18.8 Å². The highest BCUT2D eigenvalue weighted by Gasteiger charge is 2.25. The fourth-order valence-electron chi connectivity index (χ4n) is 3.15. The molecule has 0 spiro atoms. The van der Waals surface area contributed by atoms with E-state index in [4.69, 9.17) is 12.2 Å². The Labute approximate surface area is 160 Å². The molecule has 2 heterocycles. The highest BCUT2D eigenvalue weighted by molar-refractivity contribution is 8.01. The van der Waals surface area contributed by atoms with Gasteiger partial charge in [-0.2, -0.15) is 0 Å². The van der Waals surface area contributed by atoms with E-state index in [9.17, 15) is 9.18 Å². The number of likely N-dealkylation sites (tertiary alicyclic amines) is 1. The molecule has 1 saturated heterocycles. The summed E-state index contributed by atoms with van der Waals surface area (Å²) in [4.78, 5) is 14.4. The van der Waals surface area contributed by atoms with Crippen LogP contribution in [-0.2, 0) is 4.79 Å². The standard InChI is InChI=1S/C17H20FN3OS3/c1-11-7-12(2)9-20(8-11)15(22)10-24-16-19-21(17(23)25-16)14-5-3-13(18)4-6-14/h3-6,11-12H,7-10H2,1-2H3. The van der Waals surface area contributed by atoms with Crippen LogP contribution < -0.4 is 0 Å². The van der Waals surface area contributed by atoms with Crippen LogP contribution in [0.1, 0.15) is 20.3 Å². The van der Waals surface area contributed by atoms with Gasteiger partial charge < -0.3 is 4.90 Å². The third kappa shape index (κ3) is 4.68. The van der Waals surface area contributed by atoms with Gasteiger partial charge in [-0.3, -0.25) is 4.79 Å². The lowest BCUT2D eigenvalue weighted by atomic mass is 9.92. The summed E-state index contributed by atoms with van der Waals surface area (Å²) in [6.07, 6.45) is 1.18. The fourth-order valence-corrected chi connectivity index (χ4v) is 5.41. The van der Waals surface area contributed by atoms with E-state index >= 15 is 0 Å². The van der Waals surface area contributed by atoms with Crippen LogP contribution >= 0.6 is 35.3 Å². The number of piperidine rings is 1. The molecule has 0 N–H and O–H groups in total. The van der Waals surface area contributed by atoms with E-state index < -0.39 is 0 Å². The maximum atomic E-state index is 13.1. The van der Waals surface area contributed by atoms with Crippen molar-refractivity contribution in [3.8, 4) is 5.69 Å². The van der Waals surface area contributed by atoms with Gasteiger partial charge in [-0.1, -0.05) is 36.9 Å². The SMILES string of the molecule is CC1CC(C)CN(C(=O)CSc2nn(-c3ccc(F)cc3)c(=S)s2)C1. The van der Waals surface area contributed by atoms with Gasteiger partial charge in [-0.25, -0.2) is 9.07 Å². The monoisotopic (exact) mass is 397 g/mol. The predicted octanol–water partition coefficient (Wildman–Crippen LogP) is 4.40. The van der Waals surface area contributed by atoms with E-state index in [0.29, 0.717) is 21.5 Å². The van der Waals surface area contributed by atoms with E-state index in [1.54, 1.807) is 16.8 Å². The average molecular weight is 398 g/mol. The second kappa shape index (κ2) is 7.97. The summed E-state index contributed by atoms with van der Waals surface area (Å²) in [5.74, 6) is 1.33. The van der Waals surface area contributed by atoms with Crippen molar-refractivity contribution in [3.05, 3.63) is 34.0 Å². The lowest BCUT2D eigenvalue weighted by molar-refractivity contribution is -0.130. The molecule has 2 unspecified atom stereocenters. The highest BCUT2D eigenvalue weighted by atomic mass is 32.2. The van der Waals surface area contributed by atoms with Gasteiger partial charge in [0.1, 0.15) is 5.82 Å². The second-order valence-electron chi connectivity index (χ2n) is 6.56. The molecule has 8 heteroatoms. The third-order valence-electron chi connectivity index (χ3n) is 4.14. The minimum absolute atomic E-state index is 0.151. The van der Waals surface area contributed by atoms with E-state index in [1.165, 1.54) is 41.7 Å². The maximum Gasteiger partial charge on any atom is 0.233 e. The smallest absolute Gasteiger partial charge is 0.233 e. The molecule has 1 aromatic carbocycles. The van der Waals surface area contributed by atoms with Gasteiger partial charge in [0.15, 0.2) is 8.29 Å². The first kappa shape index (κ1) is 18.5. The van der Waals surface area contributed by atoms with Crippen LogP contribution in [0.2, 0.25) is 0 Å². The van der Waals surface area contributed by atoms with Crippen molar-refractivity contribution >= 4 is 41.2 Å². The molecule has 3 rings (SSSR count). The molecule has 1 amide bonds. The van der Waals surface area contributed by atoms with Crippen LogP contribution in [0, 0.1) is 21.6 Å². The summed E-state index contributed by atoms with van der Waals surface area (Å²) in [6, 6.07) is 6.04. The largest absolute Gasteiger partial charge is 0.341 e. The van der Waals surface area contributed by atoms with Crippen LogP contribution in [0.5, 0.6) is 0 Å². The number of thioether (sulfide) groups is 1. The summed E-state index contributed by atoms with van der Waals surface area (Å²) >= 11 is 8.12. The molecular formula is C17H20FN3OS3. The van der Waals surface area contributed by atoms with Crippen molar-refractivity contribution in [1.82, 2.24) is 14.7 Å². The predicted molar refractivity (Wildman–Crippen MR) is 102 cm³/mol. The molecule has 0 saturated carbocycles. The van der Waals surface area contributed by atoms with Gasteiger partial charge in [0.25, 0.3) is 0 Å². The zero-order valence-corrected chi connectivity index (χ0v) is 16.6. The Morgan fingerprint density at radius 3 is 2.60 bits per heavy atom. The Morgan fingerprint density at radius 2 is 1.96 bits per heavy atom. The number of benzene rings is 1. The molecular weight excluding hydrogens is 377 g/mol. The fraction of sp³-hybridized carbons (Fsp3) is 0.471. The number of aromatic nitrogens is 2. The molecule has 2 atom stereocenters. The van der Waals surface area contributed by atoms with Gasteiger partial charge in [-0.05, 0) is 54.7 Å². The number of hydrogen-bond donors (Lipinski definition) is 0. The second-order valence-corrected chi connectivity index (χ2v) is 9.40. The quantitative estimate of drug-likeness (QED) is 0.566. The first-order chi connectivity index (χ1) is 11.9. The Bertz CT molecular complexity index is 792. The average Bonchev–Trinajstić information content (AvgIpc) is 2.93. The van der Waals surface area contributed by atoms with Crippen LogP contribution in [-0.4, -0.2) is 39.4 Å². The van der Waals surface area contributed by atoms with Gasteiger partial charge in [-0.15, -0.1) is 5.10 Å². The van der Waals surface area contributed by atoms with Gasteiger partial charge in [0.05, 0.1) is 11.4 Å². The zero-order valence-electron chi connectivity index (χ0n) is 14.1.